The highest BCUT2D eigenvalue weighted by Gasteiger charge is 2.38. The third kappa shape index (κ3) is 3.20. The summed E-state index contributed by atoms with van der Waals surface area (Å²) in [5.41, 5.74) is 9.92. The van der Waals surface area contributed by atoms with Crippen LogP contribution in [-0.2, 0) is 25.0 Å². The summed E-state index contributed by atoms with van der Waals surface area (Å²) in [5.74, 6) is -0.348. The quantitative estimate of drug-likeness (QED) is 0.855. The van der Waals surface area contributed by atoms with Crippen LogP contribution in [-0.4, -0.2) is 38.8 Å². The number of primary amides is 1. The zero-order valence-electron chi connectivity index (χ0n) is 14.1. The van der Waals surface area contributed by atoms with Crippen molar-refractivity contribution in [1.29, 1.82) is 0 Å². The van der Waals surface area contributed by atoms with E-state index in [0.29, 0.717) is 6.54 Å². The smallest absolute Gasteiger partial charge is 0.222 e. The Morgan fingerprint density at radius 1 is 1.29 bits per heavy atom. The Morgan fingerprint density at radius 3 is 2.50 bits per heavy atom. The first-order valence-corrected chi connectivity index (χ1v) is 8.18. The maximum absolute atomic E-state index is 11.9. The lowest BCUT2D eigenvalue weighted by Crippen LogP contribution is -2.29. The van der Waals surface area contributed by atoms with Gasteiger partial charge in [-0.2, -0.15) is 5.10 Å². The summed E-state index contributed by atoms with van der Waals surface area (Å²) >= 11 is 0. The zero-order valence-corrected chi connectivity index (χ0v) is 14.1. The molecule has 128 valence electrons. The Hall–Kier alpha value is -2.18. The van der Waals surface area contributed by atoms with E-state index in [9.17, 15) is 4.79 Å². The number of nitrogens with zero attached hydrogens (tertiary/aromatic N) is 3. The van der Waals surface area contributed by atoms with Crippen LogP contribution in [0.3, 0.4) is 0 Å². The Morgan fingerprint density at radius 2 is 1.96 bits per heavy atom. The summed E-state index contributed by atoms with van der Waals surface area (Å²) in [6.45, 7) is 4.30. The van der Waals surface area contributed by atoms with E-state index in [4.69, 9.17) is 10.8 Å². The number of rotatable bonds is 5. The molecule has 1 aromatic heterocycles. The van der Waals surface area contributed by atoms with Crippen molar-refractivity contribution in [1.82, 2.24) is 14.7 Å². The largest absolute Gasteiger partial charge is 0.392 e. The fraction of sp³-hybridized carbons (Fsp3) is 0.444. The van der Waals surface area contributed by atoms with Crippen LogP contribution in [0.25, 0.3) is 0 Å². The van der Waals surface area contributed by atoms with Crippen molar-refractivity contribution in [2.24, 2.45) is 18.7 Å². The van der Waals surface area contributed by atoms with Gasteiger partial charge in [-0.3, -0.25) is 14.4 Å². The van der Waals surface area contributed by atoms with Crippen molar-refractivity contribution in [3.8, 4) is 0 Å². The maximum atomic E-state index is 11.9. The topological polar surface area (TPSA) is 84.4 Å². The second kappa shape index (κ2) is 6.75. The zero-order chi connectivity index (χ0) is 17.3. The number of carbonyl (C=O) groups excluding carboxylic acids is 1. The number of aliphatic hydroxyl groups is 1. The van der Waals surface area contributed by atoms with E-state index < -0.39 is 0 Å². The molecule has 0 aliphatic carbocycles. The van der Waals surface area contributed by atoms with Crippen molar-refractivity contribution in [2.45, 2.75) is 26.0 Å². The van der Waals surface area contributed by atoms with E-state index in [1.165, 1.54) is 5.56 Å². The minimum Gasteiger partial charge on any atom is -0.392 e. The van der Waals surface area contributed by atoms with E-state index in [-0.39, 0.29) is 24.3 Å². The fourth-order valence-electron chi connectivity index (χ4n) is 3.51. The molecule has 0 radical (unpaired) electrons. The molecule has 1 aliphatic rings. The standard InChI is InChI=1S/C18H24N4O2/c1-12-15(7-20-21(12)2)16-9-22(10-17(16)18(19)24)8-13-3-5-14(11-23)6-4-13/h3-7,16-17,23H,8-11H2,1-2H3,(H2,19,24)/t16-,17+/m1/s1. The van der Waals surface area contributed by atoms with Crippen LogP contribution < -0.4 is 5.73 Å². The summed E-state index contributed by atoms with van der Waals surface area (Å²) in [4.78, 5) is 14.2. The normalized spacial score (nSPS) is 21.3. The van der Waals surface area contributed by atoms with Gasteiger partial charge in [0.25, 0.3) is 0 Å². The molecule has 1 aromatic carbocycles. The Labute approximate surface area is 141 Å². The molecule has 24 heavy (non-hydrogen) atoms. The molecule has 2 atom stereocenters. The van der Waals surface area contributed by atoms with Gasteiger partial charge in [0.15, 0.2) is 0 Å². The molecule has 3 rings (SSSR count). The number of aliphatic hydroxyl groups excluding tert-OH is 1. The summed E-state index contributed by atoms with van der Waals surface area (Å²) in [7, 11) is 1.91. The second-order valence-electron chi connectivity index (χ2n) is 6.59. The molecule has 1 amide bonds. The highest BCUT2D eigenvalue weighted by molar-refractivity contribution is 5.78. The Balaban J connectivity index is 1.77. The van der Waals surface area contributed by atoms with Crippen LogP contribution in [0.15, 0.2) is 30.5 Å². The molecule has 6 heteroatoms. The molecule has 0 spiro atoms. The third-order valence-corrected chi connectivity index (χ3v) is 5.05. The molecule has 3 N–H and O–H groups in total. The van der Waals surface area contributed by atoms with Crippen LogP contribution in [0, 0.1) is 12.8 Å². The lowest BCUT2D eigenvalue weighted by molar-refractivity contribution is -0.121. The van der Waals surface area contributed by atoms with Crippen LogP contribution in [0.1, 0.15) is 28.3 Å². The molecule has 2 aromatic rings. The molecule has 0 saturated carbocycles. The van der Waals surface area contributed by atoms with Crippen molar-refractivity contribution in [3.05, 3.63) is 52.8 Å². The summed E-state index contributed by atoms with van der Waals surface area (Å²) in [5, 5.41) is 13.4. The monoisotopic (exact) mass is 328 g/mol. The lowest BCUT2D eigenvalue weighted by atomic mass is 9.89. The average molecular weight is 328 g/mol. The van der Waals surface area contributed by atoms with Gasteiger partial charge in [-0.15, -0.1) is 0 Å². The van der Waals surface area contributed by atoms with Gasteiger partial charge in [-0.25, -0.2) is 0 Å². The van der Waals surface area contributed by atoms with Crippen molar-refractivity contribution >= 4 is 5.91 Å². The number of aromatic nitrogens is 2. The van der Waals surface area contributed by atoms with Gasteiger partial charge in [0.2, 0.25) is 5.91 Å². The van der Waals surface area contributed by atoms with Crippen molar-refractivity contribution < 1.29 is 9.90 Å². The number of benzene rings is 1. The highest BCUT2D eigenvalue weighted by Crippen LogP contribution is 2.34. The average Bonchev–Trinajstić information content (AvgIpc) is 3.12. The number of aryl methyl sites for hydroxylation is 1. The lowest BCUT2D eigenvalue weighted by Gasteiger charge is -2.16. The van der Waals surface area contributed by atoms with Crippen molar-refractivity contribution in [3.63, 3.8) is 0 Å². The number of likely N-dealkylation sites (tertiary alicyclic amines) is 1. The number of amides is 1. The number of hydrogen-bond acceptors (Lipinski definition) is 4. The van der Waals surface area contributed by atoms with E-state index in [2.05, 4.69) is 10.00 Å². The molecule has 0 unspecified atom stereocenters. The molecular formula is C18H24N4O2. The van der Waals surface area contributed by atoms with E-state index >= 15 is 0 Å². The minimum atomic E-state index is -0.249. The predicted octanol–water partition coefficient (Wildman–Crippen LogP) is 0.922. The number of carbonyl (C=O) groups is 1. The van der Waals surface area contributed by atoms with Crippen LogP contribution in [0.2, 0.25) is 0 Å². The first-order valence-electron chi connectivity index (χ1n) is 8.18. The SMILES string of the molecule is Cc1c([C@H]2CN(Cc3ccc(CO)cc3)C[C@@H]2C(N)=O)cnn1C. The molecule has 2 heterocycles. The van der Waals surface area contributed by atoms with Crippen LogP contribution in [0.4, 0.5) is 0 Å². The molecule has 6 nitrogen and oxygen atoms in total. The predicted molar refractivity (Wildman–Crippen MR) is 91.0 cm³/mol. The van der Waals surface area contributed by atoms with E-state index in [1.807, 2.05) is 49.1 Å². The molecule has 0 bridgehead atoms. The van der Waals surface area contributed by atoms with E-state index in [0.717, 1.165) is 29.9 Å². The van der Waals surface area contributed by atoms with Gasteiger partial charge >= 0.3 is 0 Å². The number of hydrogen-bond donors (Lipinski definition) is 2. The van der Waals surface area contributed by atoms with Gasteiger partial charge in [0, 0.05) is 38.3 Å². The van der Waals surface area contributed by atoms with Gasteiger partial charge in [-0.05, 0) is 23.6 Å². The van der Waals surface area contributed by atoms with E-state index in [1.54, 1.807) is 0 Å². The number of nitrogens with two attached hydrogens (primary N) is 1. The third-order valence-electron chi connectivity index (χ3n) is 5.05. The first-order chi connectivity index (χ1) is 11.5. The van der Waals surface area contributed by atoms with Gasteiger partial charge in [0.05, 0.1) is 18.7 Å². The Bertz CT molecular complexity index is 723. The summed E-state index contributed by atoms with van der Waals surface area (Å²) < 4.78 is 1.84. The molecular weight excluding hydrogens is 304 g/mol. The first kappa shape index (κ1) is 16.7. The Kier molecular flexibility index (Phi) is 4.69. The van der Waals surface area contributed by atoms with Crippen LogP contribution >= 0.6 is 0 Å². The van der Waals surface area contributed by atoms with Gasteiger partial charge in [0.1, 0.15) is 0 Å². The van der Waals surface area contributed by atoms with Crippen LogP contribution in [0.5, 0.6) is 0 Å². The van der Waals surface area contributed by atoms with Crippen molar-refractivity contribution in [2.75, 3.05) is 13.1 Å². The minimum absolute atomic E-state index is 0.0517. The molecule has 1 fully saturated rings. The summed E-state index contributed by atoms with van der Waals surface area (Å²) in [6, 6.07) is 7.90. The highest BCUT2D eigenvalue weighted by atomic mass is 16.3. The summed E-state index contributed by atoms with van der Waals surface area (Å²) in [6.07, 6.45) is 1.86. The van der Waals surface area contributed by atoms with Gasteiger partial charge in [-0.1, -0.05) is 24.3 Å². The molecule has 1 saturated heterocycles. The van der Waals surface area contributed by atoms with Gasteiger partial charge < -0.3 is 10.8 Å². The fourth-order valence-corrected chi connectivity index (χ4v) is 3.51. The second-order valence-corrected chi connectivity index (χ2v) is 6.59. The molecule has 1 aliphatic heterocycles. The maximum Gasteiger partial charge on any atom is 0.222 e.